The number of halogens is 1. The third kappa shape index (κ3) is 5.09. The second-order valence-corrected chi connectivity index (χ2v) is 12.3. The van der Waals surface area contributed by atoms with Crippen LogP contribution in [0.2, 0.25) is 5.02 Å². The van der Waals surface area contributed by atoms with E-state index in [-0.39, 0.29) is 42.0 Å². The number of carbonyl (C=O) groups is 2. The van der Waals surface area contributed by atoms with Crippen molar-refractivity contribution < 1.29 is 27.5 Å². The van der Waals surface area contributed by atoms with Crippen molar-refractivity contribution in [2.24, 2.45) is 13.0 Å². The lowest BCUT2D eigenvalue weighted by molar-refractivity contribution is -0.134. The lowest BCUT2D eigenvalue weighted by atomic mass is 10.1. The number of aryl methyl sites for hydroxylation is 2. The van der Waals surface area contributed by atoms with Gasteiger partial charge >= 0.3 is 5.97 Å². The molecule has 9 nitrogen and oxygen atoms in total. The zero-order valence-corrected chi connectivity index (χ0v) is 24.0. The maximum atomic E-state index is 14.1. The van der Waals surface area contributed by atoms with Crippen molar-refractivity contribution in [2.75, 3.05) is 10.8 Å². The average molecular weight is 584 g/mol. The molecule has 0 radical (unpaired) electrons. The first-order chi connectivity index (χ1) is 19.0. The van der Waals surface area contributed by atoms with Gasteiger partial charge in [0, 0.05) is 42.0 Å². The van der Waals surface area contributed by atoms with Crippen LogP contribution in [0.15, 0.2) is 64.1 Å². The molecule has 210 valence electrons. The molecule has 5 rings (SSSR count). The molecule has 1 aliphatic rings. The molecule has 1 saturated carbocycles. The Hall–Kier alpha value is -3.76. The normalized spacial score (nSPS) is 13.5. The number of rotatable bonds is 10. The lowest BCUT2D eigenvalue weighted by Crippen LogP contribution is -2.34. The number of aromatic nitrogens is 1. The van der Waals surface area contributed by atoms with E-state index in [9.17, 15) is 23.1 Å². The van der Waals surface area contributed by atoms with Gasteiger partial charge in [-0.25, -0.2) is 13.2 Å². The van der Waals surface area contributed by atoms with Crippen LogP contribution in [0, 0.1) is 12.8 Å². The monoisotopic (exact) mass is 583 g/mol. The number of carbonyl (C=O) groups excluding carboxylic acids is 1. The fraction of sp³-hybridized carbons (Fsp3) is 0.310. The maximum absolute atomic E-state index is 14.1. The number of carboxylic acids is 1. The summed E-state index contributed by atoms with van der Waals surface area (Å²) in [4.78, 5) is 26.7. The van der Waals surface area contributed by atoms with Crippen molar-refractivity contribution in [3.05, 3.63) is 82.4 Å². The van der Waals surface area contributed by atoms with Crippen molar-refractivity contribution in [2.45, 2.75) is 44.7 Å². The number of carboxylic acid groups (broad SMARTS) is 1. The topological polar surface area (TPSA) is 113 Å². The van der Waals surface area contributed by atoms with E-state index in [1.165, 1.54) is 16.4 Å². The Morgan fingerprint density at radius 1 is 1.12 bits per heavy atom. The summed E-state index contributed by atoms with van der Waals surface area (Å²) < 4.78 is 36.4. The molecule has 0 atom stereocenters. The number of hydrogen-bond acceptors (Lipinski definition) is 5. The number of nitrogens with zero attached hydrogens (tertiary/aromatic N) is 3. The standard InChI is InChI=1S/C29H30ClN3O6S/c1-4-33(40(37,38)23-10-12-26-24(15-23)18(2)27(29(35)36)31(26)3)25-11-9-21(30)14-20(25)16-32(28(34)19-7-8-19)17-22-6-5-13-39-22/h5-6,9-15,19H,4,7-8,16-17H2,1-3H3,(H,35,36). The summed E-state index contributed by atoms with van der Waals surface area (Å²) in [5, 5.41) is 10.6. The molecular weight excluding hydrogens is 554 g/mol. The van der Waals surface area contributed by atoms with E-state index in [2.05, 4.69) is 0 Å². The SMILES string of the molecule is CCN(c1ccc(Cl)cc1CN(Cc1ccco1)C(=O)C1CC1)S(=O)(=O)c1ccc2c(c1)c(C)c(C(=O)O)n2C. The summed E-state index contributed by atoms with van der Waals surface area (Å²) in [5.74, 6) is -0.501. The van der Waals surface area contributed by atoms with Crippen LogP contribution in [0.5, 0.6) is 0 Å². The van der Waals surface area contributed by atoms with E-state index in [0.29, 0.717) is 38.5 Å². The van der Waals surface area contributed by atoms with Crippen LogP contribution in [0.4, 0.5) is 5.69 Å². The van der Waals surface area contributed by atoms with Gasteiger partial charge in [0.15, 0.2) is 0 Å². The summed E-state index contributed by atoms with van der Waals surface area (Å²) in [6.07, 6.45) is 3.21. The largest absolute Gasteiger partial charge is 0.477 e. The van der Waals surface area contributed by atoms with Crippen molar-refractivity contribution in [1.82, 2.24) is 9.47 Å². The third-order valence-electron chi connectivity index (χ3n) is 7.34. The first kappa shape index (κ1) is 27.8. The van der Waals surface area contributed by atoms with Gasteiger partial charge in [0.05, 0.1) is 23.4 Å². The molecule has 2 heterocycles. The van der Waals surface area contributed by atoms with Crippen LogP contribution < -0.4 is 4.31 Å². The van der Waals surface area contributed by atoms with Gasteiger partial charge in [-0.3, -0.25) is 9.10 Å². The smallest absolute Gasteiger partial charge is 0.352 e. The average Bonchev–Trinajstić information content (AvgIpc) is 3.58. The molecule has 4 aromatic rings. The molecule has 0 bridgehead atoms. The van der Waals surface area contributed by atoms with Crippen molar-refractivity contribution in [1.29, 1.82) is 0 Å². The Morgan fingerprint density at radius 2 is 1.88 bits per heavy atom. The minimum Gasteiger partial charge on any atom is -0.477 e. The highest BCUT2D eigenvalue weighted by Gasteiger charge is 2.35. The van der Waals surface area contributed by atoms with Gasteiger partial charge in [-0.1, -0.05) is 11.6 Å². The number of aromatic carboxylic acids is 1. The van der Waals surface area contributed by atoms with Crippen molar-refractivity contribution in [3.8, 4) is 0 Å². The fourth-order valence-electron chi connectivity index (χ4n) is 5.19. The lowest BCUT2D eigenvalue weighted by Gasteiger charge is -2.28. The Bertz CT molecular complexity index is 1710. The summed E-state index contributed by atoms with van der Waals surface area (Å²) in [5.41, 5.74) is 2.22. The van der Waals surface area contributed by atoms with Crippen LogP contribution in [-0.2, 0) is 35.0 Å². The Labute approximate surface area is 237 Å². The molecule has 2 aromatic heterocycles. The second kappa shape index (κ2) is 10.7. The molecule has 0 aliphatic heterocycles. The highest BCUT2D eigenvalue weighted by molar-refractivity contribution is 7.92. The highest BCUT2D eigenvalue weighted by Crippen LogP contribution is 2.35. The molecule has 0 unspecified atom stereocenters. The van der Waals surface area contributed by atoms with Gasteiger partial charge in [-0.15, -0.1) is 0 Å². The Kier molecular flexibility index (Phi) is 7.41. The van der Waals surface area contributed by atoms with Crippen molar-refractivity contribution >= 4 is 50.1 Å². The minimum atomic E-state index is -4.07. The zero-order valence-electron chi connectivity index (χ0n) is 22.4. The number of anilines is 1. The highest BCUT2D eigenvalue weighted by atomic mass is 35.5. The predicted molar refractivity (Wildman–Crippen MR) is 152 cm³/mol. The van der Waals surface area contributed by atoms with Gasteiger partial charge in [0.1, 0.15) is 11.5 Å². The first-order valence-electron chi connectivity index (χ1n) is 13.0. The molecule has 2 aromatic carbocycles. The molecule has 1 amide bonds. The van der Waals surface area contributed by atoms with Gasteiger partial charge in [0.25, 0.3) is 10.0 Å². The number of hydrogen-bond donors (Lipinski definition) is 1. The predicted octanol–water partition coefficient (Wildman–Crippen LogP) is 5.59. The Morgan fingerprint density at radius 3 is 2.50 bits per heavy atom. The summed E-state index contributed by atoms with van der Waals surface area (Å²) in [7, 11) is -2.43. The van der Waals surface area contributed by atoms with E-state index in [1.807, 2.05) is 0 Å². The molecular formula is C29H30ClN3O6S. The quantitative estimate of drug-likeness (QED) is 0.260. The number of fused-ring (bicyclic) bond motifs is 1. The van der Waals surface area contributed by atoms with Crippen LogP contribution in [0.25, 0.3) is 10.9 Å². The summed E-state index contributed by atoms with van der Waals surface area (Å²) in [6.45, 7) is 3.93. The molecule has 0 saturated heterocycles. The van der Waals surface area contributed by atoms with E-state index in [4.69, 9.17) is 16.0 Å². The van der Waals surface area contributed by atoms with Crippen LogP contribution in [0.3, 0.4) is 0 Å². The van der Waals surface area contributed by atoms with Crippen LogP contribution in [0.1, 0.15) is 47.1 Å². The Balaban J connectivity index is 1.55. The van der Waals surface area contributed by atoms with Crippen molar-refractivity contribution in [3.63, 3.8) is 0 Å². The molecule has 1 N–H and O–H groups in total. The van der Waals surface area contributed by atoms with E-state index < -0.39 is 16.0 Å². The molecule has 0 spiro atoms. The van der Waals surface area contributed by atoms with E-state index in [1.54, 1.807) is 73.0 Å². The number of sulfonamides is 1. The number of furan rings is 1. The van der Waals surface area contributed by atoms with Crippen LogP contribution in [-0.4, -0.2) is 41.4 Å². The number of benzene rings is 2. The molecule has 1 fully saturated rings. The molecule has 11 heteroatoms. The summed E-state index contributed by atoms with van der Waals surface area (Å²) in [6, 6.07) is 13.2. The van der Waals surface area contributed by atoms with Gasteiger partial charge in [-0.2, -0.15) is 0 Å². The minimum absolute atomic E-state index is 0.00697. The maximum Gasteiger partial charge on any atom is 0.352 e. The van der Waals surface area contributed by atoms with Gasteiger partial charge in [0.2, 0.25) is 5.91 Å². The number of amides is 1. The molecule has 1 aliphatic carbocycles. The molecule has 40 heavy (non-hydrogen) atoms. The zero-order chi connectivity index (χ0) is 28.8. The third-order valence-corrected chi connectivity index (χ3v) is 9.46. The van der Waals surface area contributed by atoms with Crippen LogP contribution >= 0.6 is 11.6 Å². The second-order valence-electron chi connectivity index (χ2n) is 10.0. The fourth-order valence-corrected chi connectivity index (χ4v) is 6.92. The first-order valence-corrected chi connectivity index (χ1v) is 14.8. The van der Waals surface area contributed by atoms with E-state index in [0.717, 1.165) is 12.8 Å². The van der Waals surface area contributed by atoms with E-state index >= 15 is 0 Å². The van der Waals surface area contributed by atoms with Gasteiger partial charge < -0.3 is 19.0 Å². The van der Waals surface area contributed by atoms with Gasteiger partial charge in [-0.05, 0) is 86.3 Å². The summed E-state index contributed by atoms with van der Waals surface area (Å²) >= 11 is 6.36.